The molecule has 0 radical (unpaired) electrons. The van der Waals surface area contributed by atoms with Crippen LogP contribution in [0, 0.1) is 12.8 Å². The van der Waals surface area contributed by atoms with E-state index in [4.69, 9.17) is 16.7 Å². The first kappa shape index (κ1) is 12.4. The van der Waals surface area contributed by atoms with E-state index in [-0.39, 0.29) is 0 Å². The predicted molar refractivity (Wildman–Crippen MR) is 59.4 cm³/mol. The molecule has 0 aliphatic rings. The number of carboxylic acid groups (broad SMARTS) is 1. The van der Waals surface area contributed by atoms with Crippen molar-refractivity contribution in [1.82, 2.24) is 4.98 Å². The second-order valence-electron chi connectivity index (χ2n) is 3.32. The minimum absolute atomic E-state index is 0.321. The zero-order valence-corrected chi connectivity index (χ0v) is 9.58. The summed E-state index contributed by atoms with van der Waals surface area (Å²) in [5.74, 6) is -2.85. The molecule has 0 saturated heterocycles. The molecule has 2 N–H and O–H groups in total. The number of pyridine rings is 1. The van der Waals surface area contributed by atoms with Gasteiger partial charge in [-0.3, -0.25) is 9.59 Å². The minimum Gasteiger partial charge on any atom is -0.481 e. The Labute approximate surface area is 97.4 Å². The summed E-state index contributed by atoms with van der Waals surface area (Å²) < 4.78 is 0. The van der Waals surface area contributed by atoms with Gasteiger partial charge in [-0.05, 0) is 26.0 Å². The van der Waals surface area contributed by atoms with Crippen molar-refractivity contribution in [2.24, 2.45) is 5.92 Å². The molecular weight excluding hydrogens is 232 g/mol. The summed E-state index contributed by atoms with van der Waals surface area (Å²) >= 11 is 5.65. The number of aryl methyl sites for hydroxylation is 1. The fraction of sp³-hybridized carbons (Fsp3) is 0.300. The van der Waals surface area contributed by atoms with Gasteiger partial charge in [-0.1, -0.05) is 11.6 Å². The molecule has 86 valence electrons. The quantitative estimate of drug-likeness (QED) is 0.625. The topological polar surface area (TPSA) is 79.3 Å². The molecule has 1 amide bonds. The number of aromatic nitrogens is 1. The van der Waals surface area contributed by atoms with Crippen LogP contribution < -0.4 is 5.32 Å². The van der Waals surface area contributed by atoms with E-state index in [1.165, 1.54) is 13.0 Å². The highest BCUT2D eigenvalue weighted by Gasteiger charge is 2.20. The van der Waals surface area contributed by atoms with Crippen molar-refractivity contribution in [2.75, 3.05) is 5.32 Å². The Morgan fingerprint density at radius 2 is 2.12 bits per heavy atom. The Bertz CT molecular complexity index is 434. The van der Waals surface area contributed by atoms with E-state index < -0.39 is 17.8 Å². The summed E-state index contributed by atoms with van der Waals surface area (Å²) in [5, 5.41) is 11.4. The maximum absolute atomic E-state index is 11.4. The van der Waals surface area contributed by atoms with Crippen LogP contribution in [-0.4, -0.2) is 22.0 Å². The van der Waals surface area contributed by atoms with Gasteiger partial charge >= 0.3 is 5.97 Å². The normalized spacial score (nSPS) is 11.9. The second kappa shape index (κ2) is 4.94. The zero-order valence-electron chi connectivity index (χ0n) is 8.82. The van der Waals surface area contributed by atoms with E-state index in [2.05, 4.69) is 10.3 Å². The van der Waals surface area contributed by atoms with Gasteiger partial charge in [-0.2, -0.15) is 0 Å². The van der Waals surface area contributed by atoms with Gasteiger partial charge in [0.25, 0.3) is 0 Å². The molecule has 0 aliphatic heterocycles. The molecule has 0 aliphatic carbocycles. The lowest BCUT2D eigenvalue weighted by Gasteiger charge is -2.10. The van der Waals surface area contributed by atoms with Gasteiger partial charge in [-0.25, -0.2) is 4.98 Å². The molecule has 0 aromatic carbocycles. The van der Waals surface area contributed by atoms with Gasteiger partial charge < -0.3 is 10.4 Å². The Morgan fingerprint density at radius 3 is 2.62 bits per heavy atom. The largest absolute Gasteiger partial charge is 0.481 e. The first-order valence-electron chi connectivity index (χ1n) is 4.58. The van der Waals surface area contributed by atoms with Crippen LogP contribution in [0.4, 0.5) is 5.69 Å². The van der Waals surface area contributed by atoms with Crippen LogP contribution in [0.5, 0.6) is 0 Å². The molecule has 0 spiro atoms. The summed E-state index contributed by atoms with van der Waals surface area (Å²) in [5.41, 5.74) is 1.00. The number of halogens is 1. The summed E-state index contributed by atoms with van der Waals surface area (Å²) in [7, 11) is 0. The first-order chi connectivity index (χ1) is 7.41. The van der Waals surface area contributed by atoms with E-state index in [1.54, 1.807) is 13.0 Å². The van der Waals surface area contributed by atoms with Crippen LogP contribution in [0.15, 0.2) is 12.1 Å². The van der Waals surface area contributed by atoms with Crippen molar-refractivity contribution >= 4 is 29.2 Å². The molecule has 0 saturated carbocycles. The molecule has 1 heterocycles. The molecule has 16 heavy (non-hydrogen) atoms. The monoisotopic (exact) mass is 242 g/mol. The molecule has 6 heteroatoms. The number of aliphatic carboxylic acids is 1. The lowest BCUT2D eigenvalue weighted by Crippen LogP contribution is -2.27. The third-order valence-corrected chi connectivity index (χ3v) is 2.28. The van der Waals surface area contributed by atoms with E-state index in [9.17, 15) is 9.59 Å². The number of amides is 1. The van der Waals surface area contributed by atoms with Gasteiger partial charge in [0.1, 0.15) is 11.1 Å². The Hall–Kier alpha value is -1.62. The van der Waals surface area contributed by atoms with Gasteiger partial charge in [0.15, 0.2) is 0 Å². The lowest BCUT2D eigenvalue weighted by atomic mass is 10.1. The smallest absolute Gasteiger partial charge is 0.315 e. The maximum atomic E-state index is 11.4. The van der Waals surface area contributed by atoms with E-state index in [0.717, 1.165) is 0 Å². The predicted octanol–water partition coefficient (Wildman–Crippen LogP) is 1.70. The molecule has 1 atom stereocenters. The summed E-state index contributed by atoms with van der Waals surface area (Å²) in [6.07, 6.45) is 0. The molecule has 0 bridgehead atoms. The van der Waals surface area contributed by atoms with Crippen LogP contribution in [0.3, 0.4) is 0 Å². The molecule has 0 fully saturated rings. The van der Waals surface area contributed by atoms with Gasteiger partial charge in [0.2, 0.25) is 5.91 Å². The standard InChI is InChI=1S/C10H11ClN2O3/c1-5(10(15)16)9(14)13-7-3-4-8(11)12-6(7)2/h3-5H,1-2H3,(H,13,14)(H,15,16). The highest BCUT2D eigenvalue weighted by Crippen LogP contribution is 2.16. The van der Waals surface area contributed by atoms with Gasteiger partial charge in [0, 0.05) is 0 Å². The summed E-state index contributed by atoms with van der Waals surface area (Å²) in [6, 6.07) is 3.10. The molecular formula is C10H11ClN2O3. The van der Waals surface area contributed by atoms with Crippen molar-refractivity contribution < 1.29 is 14.7 Å². The molecule has 1 aromatic rings. The number of nitrogens with one attached hydrogen (secondary N) is 1. The number of rotatable bonds is 3. The van der Waals surface area contributed by atoms with Crippen LogP contribution >= 0.6 is 11.6 Å². The van der Waals surface area contributed by atoms with Gasteiger partial charge in [0.05, 0.1) is 11.4 Å². The third kappa shape index (κ3) is 2.93. The number of hydrogen-bond donors (Lipinski definition) is 2. The summed E-state index contributed by atoms with van der Waals surface area (Å²) in [6.45, 7) is 2.99. The van der Waals surface area contributed by atoms with Crippen molar-refractivity contribution in [3.8, 4) is 0 Å². The average molecular weight is 243 g/mol. The number of hydrogen-bond acceptors (Lipinski definition) is 3. The zero-order chi connectivity index (χ0) is 12.3. The van der Waals surface area contributed by atoms with E-state index >= 15 is 0 Å². The van der Waals surface area contributed by atoms with Crippen LogP contribution in [0.25, 0.3) is 0 Å². The number of carbonyl (C=O) groups is 2. The van der Waals surface area contributed by atoms with Crippen molar-refractivity contribution in [3.63, 3.8) is 0 Å². The molecule has 5 nitrogen and oxygen atoms in total. The molecule has 1 aromatic heterocycles. The average Bonchev–Trinajstić information content (AvgIpc) is 2.20. The Morgan fingerprint density at radius 1 is 1.50 bits per heavy atom. The molecule has 1 unspecified atom stereocenters. The number of carbonyl (C=O) groups excluding carboxylic acids is 1. The van der Waals surface area contributed by atoms with Crippen LogP contribution in [0.2, 0.25) is 5.15 Å². The van der Waals surface area contributed by atoms with Crippen LogP contribution in [-0.2, 0) is 9.59 Å². The Kier molecular flexibility index (Phi) is 3.84. The van der Waals surface area contributed by atoms with Crippen molar-refractivity contribution in [1.29, 1.82) is 0 Å². The summed E-state index contributed by atoms with van der Waals surface area (Å²) in [4.78, 5) is 25.9. The number of anilines is 1. The minimum atomic E-state index is -1.17. The second-order valence-corrected chi connectivity index (χ2v) is 3.70. The van der Waals surface area contributed by atoms with Crippen LogP contribution in [0.1, 0.15) is 12.6 Å². The fourth-order valence-corrected chi connectivity index (χ4v) is 1.21. The first-order valence-corrected chi connectivity index (χ1v) is 4.96. The maximum Gasteiger partial charge on any atom is 0.315 e. The lowest BCUT2D eigenvalue weighted by molar-refractivity contribution is -0.144. The van der Waals surface area contributed by atoms with Crippen molar-refractivity contribution in [2.45, 2.75) is 13.8 Å². The number of nitrogens with zero attached hydrogens (tertiary/aromatic N) is 1. The Balaban J connectivity index is 2.81. The third-order valence-electron chi connectivity index (χ3n) is 2.07. The van der Waals surface area contributed by atoms with E-state index in [0.29, 0.717) is 16.5 Å². The highest BCUT2D eigenvalue weighted by molar-refractivity contribution is 6.29. The highest BCUT2D eigenvalue weighted by atomic mass is 35.5. The van der Waals surface area contributed by atoms with Crippen molar-refractivity contribution in [3.05, 3.63) is 23.0 Å². The van der Waals surface area contributed by atoms with Gasteiger partial charge in [-0.15, -0.1) is 0 Å². The van der Waals surface area contributed by atoms with E-state index in [1.807, 2.05) is 0 Å². The molecule has 1 rings (SSSR count). The number of carboxylic acids is 1. The fourth-order valence-electron chi connectivity index (χ4n) is 1.02. The SMILES string of the molecule is Cc1nc(Cl)ccc1NC(=O)C(C)C(=O)O.